The number of nitrogens with one attached hydrogen (secondary N) is 1. The molecule has 1 aliphatic rings. The number of carbonyl (C=O) groups is 1. The molecule has 0 aromatic carbocycles. The molecule has 2 aromatic rings. The minimum Gasteiger partial charge on any atom is -0.370 e. The number of aromatic amines is 1. The molecule has 0 aliphatic carbocycles. The number of hydrogen-bond acceptors (Lipinski definition) is 5. The summed E-state index contributed by atoms with van der Waals surface area (Å²) in [6, 6.07) is 0.0731. The molecule has 106 valence electrons. The normalized spacial score (nSPS) is 21.5. The standard InChI is InChI=1S/C13H18N6O/c1-13(2)4-8(3-9(14)20)19(5-13)12-10-11(16-6-15-10)17-7-18-12/h6-8H,3-5H2,1-2H3,(H2,14,20)(H,15,16,17,18). The molecule has 7 nitrogen and oxygen atoms in total. The zero-order valence-electron chi connectivity index (χ0n) is 11.6. The first-order chi connectivity index (χ1) is 9.46. The molecule has 1 amide bonds. The molecule has 2 aromatic heterocycles. The van der Waals surface area contributed by atoms with E-state index in [0.29, 0.717) is 12.1 Å². The van der Waals surface area contributed by atoms with Gasteiger partial charge in [0.15, 0.2) is 11.5 Å². The van der Waals surface area contributed by atoms with Gasteiger partial charge in [0.05, 0.1) is 6.33 Å². The van der Waals surface area contributed by atoms with Crippen LogP contribution in [0.3, 0.4) is 0 Å². The highest BCUT2D eigenvalue weighted by molar-refractivity contribution is 5.83. The lowest BCUT2D eigenvalue weighted by atomic mass is 9.90. The van der Waals surface area contributed by atoms with Crippen molar-refractivity contribution in [1.29, 1.82) is 0 Å². The van der Waals surface area contributed by atoms with Crippen molar-refractivity contribution in [3.63, 3.8) is 0 Å². The van der Waals surface area contributed by atoms with Gasteiger partial charge in [0.2, 0.25) is 5.91 Å². The van der Waals surface area contributed by atoms with Crippen molar-refractivity contribution in [3.05, 3.63) is 12.7 Å². The third-order valence-electron chi connectivity index (χ3n) is 3.74. The van der Waals surface area contributed by atoms with Gasteiger partial charge in [-0.15, -0.1) is 0 Å². The lowest BCUT2D eigenvalue weighted by Gasteiger charge is -2.25. The molecule has 3 N–H and O–H groups in total. The quantitative estimate of drug-likeness (QED) is 0.863. The molecular weight excluding hydrogens is 256 g/mol. The van der Waals surface area contributed by atoms with Crippen LogP contribution in [0.2, 0.25) is 0 Å². The highest BCUT2D eigenvalue weighted by atomic mass is 16.1. The van der Waals surface area contributed by atoms with Crippen LogP contribution in [0.15, 0.2) is 12.7 Å². The molecular formula is C13H18N6O. The lowest BCUT2D eigenvalue weighted by molar-refractivity contribution is -0.118. The Balaban J connectivity index is 2.02. The van der Waals surface area contributed by atoms with Crippen LogP contribution in [0.1, 0.15) is 26.7 Å². The van der Waals surface area contributed by atoms with E-state index in [1.165, 1.54) is 6.33 Å². The summed E-state index contributed by atoms with van der Waals surface area (Å²) in [5.74, 6) is 0.511. The highest BCUT2D eigenvalue weighted by Gasteiger charge is 2.39. The fraction of sp³-hybridized carbons (Fsp3) is 0.538. The Morgan fingerprint density at radius 2 is 2.30 bits per heavy atom. The maximum absolute atomic E-state index is 11.3. The van der Waals surface area contributed by atoms with Gasteiger partial charge in [-0.3, -0.25) is 4.79 Å². The molecule has 7 heteroatoms. The molecule has 0 spiro atoms. The summed E-state index contributed by atoms with van der Waals surface area (Å²) >= 11 is 0. The molecule has 0 radical (unpaired) electrons. The van der Waals surface area contributed by atoms with E-state index in [9.17, 15) is 4.79 Å². The smallest absolute Gasteiger partial charge is 0.219 e. The molecule has 0 saturated carbocycles. The number of anilines is 1. The Morgan fingerprint density at radius 3 is 3.05 bits per heavy atom. The van der Waals surface area contributed by atoms with E-state index in [1.54, 1.807) is 6.33 Å². The number of fused-ring (bicyclic) bond motifs is 1. The van der Waals surface area contributed by atoms with E-state index in [4.69, 9.17) is 5.73 Å². The number of imidazole rings is 1. The van der Waals surface area contributed by atoms with E-state index in [-0.39, 0.29) is 17.4 Å². The van der Waals surface area contributed by atoms with Crippen LogP contribution >= 0.6 is 0 Å². The van der Waals surface area contributed by atoms with Gasteiger partial charge in [0.1, 0.15) is 11.8 Å². The molecule has 1 unspecified atom stereocenters. The lowest BCUT2D eigenvalue weighted by Crippen LogP contribution is -2.34. The summed E-state index contributed by atoms with van der Waals surface area (Å²) in [4.78, 5) is 29.2. The van der Waals surface area contributed by atoms with Crippen LogP contribution < -0.4 is 10.6 Å². The SMILES string of the molecule is CC1(C)CC(CC(N)=O)N(c2ncnc3nc[nH]c23)C1. The summed E-state index contributed by atoms with van der Waals surface area (Å²) < 4.78 is 0. The maximum atomic E-state index is 11.3. The molecule has 1 aliphatic heterocycles. The van der Waals surface area contributed by atoms with Gasteiger partial charge in [-0.25, -0.2) is 15.0 Å². The van der Waals surface area contributed by atoms with Crippen molar-refractivity contribution in [3.8, 4) is 0 Å². The van der Waals surface area contributed by atoms with Gasteiger partial charge in [-0.1, -0.05) is 13.8 Å². The zero-order valence-corrected chi connectivity index (χ0v) is 11.6. The first-order valence-electron chi connectivity index (χ1n) is 6.65. The predicted molar refractivity (Wildman–Crippen MR) is 75.0 cm³/mol. The van der Waals surface area contributed by atoms with E-state index >= 15 is 0 Å². The zero-order chi connectivity index (χ0) is 14.3. The van der Waals surface area contributed by atoms with Gasteiger partial charge in [0.25, 0.3) is 0 Å². The highest BCUT2D eigenvalue weighted by Crippen LogP contribution is 2.38. The van der Waals surface area contributed by atoms with Crippen molar-refractivity contribution in [2.45, 2.75) is 32.7 Å². The first kappa shape index (κ1) is 12.8. The van der Waals surface area contributed by atoms with Crippen LogP contribution in [0, 0.1) is 5.41 Å². The average Bonchev–Trinajstić information content (AvgIpc) is 2.92. The van der Waals surface area contributed by atoms with Gasteiger partial charge in [-0.05, 0) is 11.8 Å². The second-order valence-corrected chi connectivity index (χ2v) is 6.12. The third kappa shape index (κ3) is 2.19. The Bertz CT molecular complexity index is 649. The molecule has 1 fully saturated rings. The van der Waals surface area contributed by atoms with Gasteiger partial charge >= 0.3 is 0 Å². The predicted octanol–water partition coefficient (Wildman–Crippen LogP) is 0.833. The monoisotopic (exact) mass is 274 g/mol. The first-order valence-corrected chi connectivity index (χ1v) is 6.65. The number of primary amides is 1. The number of rotatable bonds is 3. The van der Waals surface area contributed by atoms with E-state index < -0.39 is 0 Å². The van der Waals surface area contributed by atoms with Crippen LogP contribution in [0.25, 0.3) is 11.2 Å². The largest absolute Gasteiger partial charge is 0.370 e. The number of nitrogens with two attached hydrogens (primary N) is 1. The average molecular weight is 274 g/mol. The molecule has 3 rings (SSSR count). The fourth-order valence-corrected chi connectivity index (χ4v) is 3.04. The number of nitrogens with zero attached hydrogens (tertiary/aromatic N) is 4. The Labute approximate surface area is 116 Å². The number of H-pyrrole nitrogens is 1. The van der Waals surface area contributed by atoms with Crippen LogP contribution in [-0.2, 0) is 4.79 Å². The molecule has 20 heavy (non-hydrogen) atoms. The summed E-state index contributed by atoms with van der Waals surface area (Å²) in [6.07, 6.45) is 4.36. The number of hydrogen-bond donors (Lipinski definition) is 2. The number of amides is 1. The molecule has 1 saturated heterocycles. The van der Waals surface area contributed by atoms with Gasteiger partial charge in [-0.2, -0.15) is 0 Å². The molecule has 1 atom stereocenters. The van der Waals surface area contributed by atoms with E-state index in [2.05, 4.69) is 38.7 Å². The Morgan fingerprint density at radius 1 is 1.50 bits per heavy atom. The summed E-state index contributed by atoms with van der Waals surface area (Å²) in [6.45, 7) is 5.20. The summed E-state index contributed by atoms with van der Waals surface area (Å²) in [5, 5.41) is 0. The van der Waals surface area contributed by atoms with Crippen molar-refractivity contribution >= 4 is 22.9 Å². The number of carbonyl (C=O) groups excluding carboxylic acids is 1. The topological polar surface area (TPSA) is 101 Å². The Kier molecular flexibility index (Phi) is 2.84. The Hall–Kier alpha value is -2.18. The minimum atomic E-state index is -0.285. The summed E-state index contributed by atoms with van der Waals surface area (Å²) in [7, 11) is 0. The second-order valence-electron chi connectivity index (χ2n) is 6.12. The molecule has 0 bridgehead atoms. The van der Waals surface area contributed by atoms with Crippen molar-refractivity contribution in [2.24, 2.45) is 11.1 Å². The molecule has 3 heterocycles. The van der Waals surface area contributed by atoms with Crippen molar-refractivity contribution < 1.29 is 4.79 Å². The minimum absolute atomic E-state index is 0.0731. The number of aromatic nitrogens is 4. The van der Waals surface area contributed by atoms with Crippen molar-refractivity contribution in [1.82, 2.24) is 19.9 Å². The van der Waals surface area contributed by atoms with E-state index in [0.717, 1.165) is 24.3 Å². The van der Waals surface area contributed by atoms with Crippen LogP contribution in [0.5, 0.6) is 0 Å². The van der Waals surface area contributed by atoms with E-state index in [1.807, 2.05) is 0 Å². The van der Waals surface area contributed by atoms with Crippen LogP contribution in [0.4, 0.5) is 5.82 Å². The van der Waals surface area contributed by atoms with Crippen molar-refractivity contribution in [2.75, 3.05) is 11.4 Å². The fourth-order valence-electron chi connectivity index (χ4n) is 3.04. The van der Waals surface area contributed by atoms with Gasteiger partial charge in [0, 0.05) is 19.0 Å². The van der Waals surface area contributed by atoms with Crippen LogP contribution in [-0.4, -0.2) is 38.4 Å². The third-order valence-corrected chi connectivity index (χ3v) is 3.74. The maximum Gasteiger partial charge on any atom is 0.219 e. The summed E-state index contributed by atoms with van der Waals surface area (Å²) in [5.41, 5.74) is 6.94. The second kappa shape index (κ2) is 4.43. The van der Waals surface area contributed by atoms with Gasteiger partial charge < -0.3 is 15.6 Å².